The lowest BCUT2D eigenvalue weighted by molar-refractivity contribution is 0.411. The first-order valence-electron chi connectivity index (χ1n) is 6.49. The van der Waals surface area contributed by atoms with E-state index < -0.39 is 0 Å². The van der Waals surface area contributed by atoms with Crippen molar-refractivity contribution in [1.82, 2.24) is 0 Å². The molecule has 0 saturated carbocycles. The molecule has 0 bridgehead atoms. The highest BCUT2D eigenvalue weighted by atomic mass is 79.9. The van der Waals surface area contributed by atoms with Crippen molar-refractivity contribution < 1.29 is 4.74 Å². The molecular formula is C17H18BrClO. The van der Waals surface area contributed by atoms with E-state index in [2.05, 4.69) is 54.0 Å². The lowest BCUT2D eigenvalue weighted by Gasteiger charge is -2.16. The highest BCUT2D eigenvalue weighted by Gasteiger charge is 2.16. The van der Waals surface area contributed by atoms with Crippen molar-refractivity contribution in [3.63, 3.8) is 0 Å². The Kier molecular flexibility index (Phi) is 4.77. The van der Waals surface area contributed by atoms with Gasteiger partial charge < -0.3 is 4.74 Å². The Morgan fingerprint density at radius 2 is 1.65 bits per heavy atom. The van der Waals surface area contributed by atoms with Crippen LogP contribution < -0.4 is 4.74 Å². The SMILES string of the molecule is COc1cc(C(Br)c2cc(C)c(C)cc2Cl)ccc1C. The molecule has 2 aromatic carbocycles. The predicted octanol–water partition coefficient (Wildman–Crippen LogP) is 5.76. The molecule has 1 nitrogen and oxygen atoms in total. The number of ether oxygens (including phenoxy) is 1. The monoisotopic (exact) mass is 352 g/mol. The molecule has 0 fully saturated rings. The third-order valence-corrected chi connectivity index (χ3v) is 4.96. The Morgan fingerprint density at radius 3 is 2.30 bits per heavy atom. The molecule has 0 aliphatic carbocycles. The number of hydrogen-bond donors (Lipinski definition) is 0. The van der Waals surface area contributed by atoms with Crippen LogP contribution in [-0.2, 0) is 0 Å². The minimum absolute atomic E-state index is 0.0591. The zero-order chi connectivity index (χ0) is 14.9. The molecule has 106 valence electrons. The van der Waals surface area contributed by atoms with E-state index in [9.17, 15) is 0 Å². The number of rotatable bonds is 3. The van der Waals surface area contributed by atoms with Crippen LogP contribution in [-0.4, -0.2) is 7.11 Å². The smallest absolute Gasteiger partial charge is 0.122 e. The summed E-state index contributed by atoms with van der Waals surface area (Å²) in [5, 5.41) is 0.787. The zero-order valence-electron chi connectivity index (χ0n) is 12.1. The molecule has 0 radical (unpaired) electrons. The molecule has 0 N–H and O–H groups in total. The standard InChI is InChI=1S/C17H18BrClO/c1-10-5-6-13(9-16(10)20-4)17(18)14-7-11(2)12(3)8-15(14)19/h5-9,17H,1-4H3. The van der Waals surface area contributed by atoms with Gasteiger partial charge in [-0.1, -0.05) is 45.7 Å². The van der Waals surface area contributed by atoms with Crippen molar-refractivity contribution in [2.45, 2.75) is 25.6 Å². The first kappa shape index (κ1) is 15.4. The summed E-state index contributed by atoms with van der Waals surface area (Å²) < 4.78 is 5.39. The maximum absolute atomic E-state index is 6.39. The average molecular weight is 354 g/mol. The molecular weight excluding hydrogens is 336 g/mol. The van der Waals surface area contributed by atoms with E-state index in [0.29, 0.717) is 0 Å². The summed E-state index contributed by atoms with van der Waals surface area (Å²) >= 11 is 10.1. The summed E-state index contributed by atoms with van der Waals surface area (Å²) in [5.74, 6) is 0.895. The Labute approximate surface area is 134 Å². The predicted molar refractivity (Wildman–Crippen MR) is 89.4 cm³/mol. The molecule has 0 amide bonds. The van der Waals surface area contributed by atoms with E-state index in [4.69, 9.17) is 16.3 Å². The highest BCUT2D eigenvalue weighted by Crippen LogP contribution is 2.38. The fourth-order valence-electron chi connectivity index (χ4n) is 2.17. The number of benzene rings is 2. The van der Waals surface area contributed by atoms with Gasteiger partial charge in [0.15, 0.2) is 0 Å². The average Bonchev–Trinajstić information content (AvgIpc) is 2.42. The van der Waals surface area contributed by atoms with Crippen LogP contribution in [0.1, 0.15) is 32.6 Å². The van der Waals surface area contributed by atoms with Crippen LogP contribution in [0.25, 0.3) is 0 Å². The number of halogens is 2. The van der Waals surface area contributed by atoms with Crippen molar-refractivity contribution in [2.75, 3.05) is 7.11 Å². The van der Waals surface area contributed by atoms with Crippen LogP contribution in [0.3, 0.4) is 0 Å². The first-order chi connectivity index (χ1) is 9.43. The Hall–Kier alpha value is -0.990. The zero-order valence-corrected chi connectivity index (χ0v) is 14.5. The largest absolute Gasteiger partial charge is 0.496 e. The fraction of sp³-hybridized carbons (Fsp3) is 0.294. The van der Waals surface area contributed by atoms with E-state index in [-0.39, 0.29) is 4.83 Å². The van der Waals surface area contributed by atoms with Crippen molar-refractivity contribution >= 4 is 27.5 Å². The quantitative estimate of drug-likeness (QED) is 0.638. The summed E-state index contributed by atoms with van der Waals surface area (Å²) in [6.45, 7) is 6.21. The molecule has 0 aromatic heterocycles. The number of alkyl halides is 1. The molecule has 2 rings (SSSR count). The van der Waals surface area contributed by atoms with Crippen LogP contribution in [0.15, 0.2) is 30.3 Å². The minimum atomic E-state index is 0.0591. The van der Waals surface area contributed by atoms with Crippen molar-refractivity contribution in [3.05, 3.63) is 63.2 Å². The topological polar surface area (TPSA) is 9.23 Å². The highest BCUT2D eigenvalue weighted by molar-refractivity contribution is 9.09. The third kappa shape index (κ3) is 3.02. The maximum Gasteiger partial charge on any atom is 0.122 e. The molecule has 0 aliphatic rings. The second kappa shape index (κ2) is 6.19. The molecule has 1 unspecified atom stereocenters. The van der Waals surface area contributed by atoms with Crippen molar-refractivity contribution in [3.8, 4) is 5.75 Å². The van der Waals surface area contributed by atoms with E-state index in [1.807, 2.05) is 13.0 Å². The van der Waals surface area contributed by atoms with Crippen molar-refractivity contribution in [2.24, 2.45) is 0 Å². The van der Waals surface area contributed by atoms with Gasteiger partial charge in [0.05, 0.1) is 11.9 Å². The first-order valence-corrected chi connectivity index (χ1v) is 7.78. The van der Waals surface area contributed by atoms with Gasteiger partial charge in [-0.15, -0.1) is 0 Å². The van der Waals surface area contributed by atoms with Crippen LogP contribution in [0.5, 0.6) is 5.75 Å². The van der Waals surface area contributed by atoms with Crippen molar-refractivity contribution in [1.29, 1.82) is 0 Å². The summed E-state index contributed by atoms with van der Waals surface area (Å²) in [5.41, 5.74) is 5.80. The lowest BCUT2D eigenvalue weighted by Crippen LogP contribution is -1.98. The molecule has 0 spiro atoms. The van der Waals surface area contributed by atoms with Crippen LogP contribution >= 0.6 is 27.5 Å². The van der Waals surface area contributed by atoms with Gasteiger partial charge in [0.2, 0.25) is 0 Å². The molecule has 1 atom stereocenters. The van der Waals surface area contributed by atoms with Gasteiger partial charge in [-0.05, 0) is 60.7 Å². The van der Waals surface area contributed by atoms with Gasteiger partial charge in [0, 0.05) is 5.02 Å². The van der Waals surface area contributed by atoms with Gasteiger partial charge in [-0.2, -0.15) is 0 Å². The Bertz CT molecular complexity index is 637. The van der Waals surface area contributed by atoms with Crippen LogP contribution in [0.2, 0.25) is 5.02 Å². The van der Waals surface area contributed by atoms with E-state index in [1.54, 1.807) is 7.11 Å². The van der Waals surface area contributed by atoms with Crippen LogP contribution in [0, 0.1) is 20.8 Å². The maximum atomic E-state index is 6.39. The van der Waals surface area contributed by atoms with E-state index >= 15 is 0 Å². The Morgan fingerprint density at radius 1 is 1.00 bits per heavy atom. The minimum Gasteiger partial charge on any atom is -0.496 e. The van der Waals surface area contributed by atoms with Gasteiger partial charge in [-0.3, -0.25) is 0 Å². The number of methoxy groups -OCH3 is 1. The lowest BCUT2D eigenvalue weighted by atomic mass is 9.99. The van der Waals surface area contributed by atoms with Gasteiger partial charge in [-0.25, -0.2) is 0 Å². The summed E-state index contributed by atoms with van der Waals surface area (Å²) in [4.78, 5) is 0.0591. The fourth-order valence-corrected chi connectivity index (χ4v) is 3.29. The van der Waals surface area contributed by atoms with Gasteiger partial charge in [0.1, 0.15) is 5.75 Å². The number of hydrogen-bond acceptors (Lipinski definition) is 1. The van der Waals surface area contributed by atoms with E-state index in [1.165, 1.54) is 11.1 Å². The summed E-state index contributed by atoms with van der Waals surface area (Å²) in [6.07, 6.45) is 0. The molecule has 0 saturated heterocycles. The van der Waals surface area contributed by atoms with Gasteiger partial charge in [0.25, 0.3) is 0 Å². The molecule has 2 aromatic rings. The summed E-state index contributed by atoms with van der Waals surface area (Å²) in [6, 6.07) is 10.4. The molecule has 0 aliphatic heterocycles. The summed E-state index contributed by atoms with van der Waals surface area (Å²) in [7, 11) is 1.69. The normalized spacial score (nSPS) is 12.3. The second-order valence-corrected chi connectivity index (χ2v) is 6.37. The van der Waals surface area contributed by atoms with Gasteiger partial charge >= 0.3 is 0 Å². The second-order valence-electron chi connectivity index (χ2n) is 5.05. The molecule has 3 heteroatoms. The van der Waals surface area contributed by atoms with E-state index in [0.717, 1.165) is 27.5 Å². The third-order valence-electron chi connectivity index (χ3n) is 3.61. The molecule has 20 heavy (non-hydrogen) atoms. The molecule has 0 heterocycles. The number of aryl methyl sites for hydroxylation is 3. The Balaban J connectivity index is 2.46. The van der Waals surface area contributed by atoms with Crippen LogP contribution in [0.4, 0.5) is 0 Å².